The molecule has 0 saturated carbocycles. The summed E-state index contributed by atoms with van der Waals surface area (Å²) in [5.74, 6) is 0.645. The zero-order valence-corrected chi connectivity index (χ0v) is 13.0. The van der Waals surface area contributed by atoms with Crippen LogP contribution in [-0.4, -0.2) is 6.54 Å². The van der Waals surface area contributed by atoms with Crippen LogP contribution in [0.2, 0.25) is 0 Å². The summed E-state index contributed by atoms with van der Waals surface area (Å²) in [5, 5.41) is 3.71. The molecule has 1 nitrogen and oxygen atoms in total. The molecule has 0 aliphatic heterocycles. The number of hydrogen-bond donors (Lipinski definition) is 1. The Morgan fingerprint density at radius 1 is 0.950 bits per heavy atom. The van der Waals surface area contributed by atoms with E-state index in [-0.39, 0.29) is 6.04 Å². The van der Waals surface area contributed by atoms with E-state index in [1.54, 1.807) is 0 Å². The lowest BCUT2D eigenvalue weighted by molar-refractivity contribution is 0.512. The predicted octanol–water partition coefficient (Wildman–Crippen LogP) is 4.64. The molecule has 1 atom stereocenters. The second-order valence-corrected chi connectivity index (χ2v) is 6.01. The van der Waals surface area contributed by atoms with Crippen LogP contribution >= 0.6 is 0 Å². The highest BCUT2D eigenvalue weighted by molar-refractivity contribution is 5.38. The van der Waals surface area contributed by atoms with Crippen LogP contribution < -0.4 is 5.32 Å². The summed E-state index contributed by atoms with van der Waals surface area (Å²) in [7, 11) is 0. The third kappa shape index (κ3) is 3.71. The minimum atomic E-state index is 0.277. The highest BCUT2D eigenvalue weighted by atomic mass is 14.9. The molecule has 1 unspecified atom stereocenters. The van der Waals surface area contributed by atoms with Gasteiger partial charge in [0.15, 0.2) is 0 Å². The van der Waals surface area contributed by atoms with E-state index in [2.05, 4.69) is 81.5 Å². The first-order valence-electron chi connectivity index (χ1n) is 7.43. The smallest absolute Gasteiger partial charge is 0.0579 e. The van der Waals surface area contributed by atoms with Gasteiger partial charge in [-0.3, -0.25) is 0 Å². The maximum absolute atomic E-state index is 3.71. The third-order valence-corrected chi connectivity index (χ3v) is 3.60. The molecule has 1 N–H and O–H groups in total. The fourth-order valence-corrected chi connectivity index (χ4v) is 2.56. The SMILES string of the molecule is Cc1ccc(C(NCC(C)C)c2ccccc2)c(C)c1. The van der Waals surface area contributed by atoms with Gasteiger partial charge in [-0.25, -0.2) is 0 Å². The van der Waals surface area contributed by atoms with Crippen LogP contribution in [0.3, 0.4) is 0 Å². The number of benzene rings is 2. The Morgan fingerprint density at radius 3 is 2.25 bits per heavy atom. The van der Waals surface area contributed by atoms with Crippen LogP contribution in [0.15, 0.2) is 48.5 Å². The normalized spacial score (nSPS) is 12.7. The molecule has 0 spiro atoms. The molecule has 0 fully saturated rings. The average molecular weight is 267 g/mol. The van der Waals surface area contributed by atoms with Crippen LogP contribution in [-0.2, 0) is 0 Å². The average Bonchev–Trinajstić information content (AvgIpc) is 2.42. The summed E-state index contributed by atoms with van der Waals surface area (Å²) in [5.41, 5.74) is 5.39. The monoisotopic (exact) mass is 267 g/mol. The van der Waals surface area contributed by atoms with Gasteiger partial charge < -0.3 is 5.32 Å². The summed E-state index contributed by atoms with van der Waals surface area (Å²) < 4.78 is 0. The summed E-state index contributed by atoms with van der Waals surface area (Å²) in [6.07, 6.45) is 0. The zero-order chi connectivity index (χ0) is 14.5. The molecule has 20 heavy (non-hydrogen) atoms. The minimum absolute atomic E-state index is 0.277. The van der Waals surface area contributed by atoms with Gasteiger partial charge in [-0.15, -0.1) is 0 Å². The topological polar surface area (TPSA) is 12.0 Å². The summed E-state index contributed by atoms with van der Waals surface area (Å²) in [6, 6.07) is 17.7. The molecule has 2 aromatic rings. The Bertz CT molecular complexity index is 543. The molecule has 0 radical (unpaired) electrons. The van der Waals surface area contributed by atoms with E-state index in [0.717, 1.165) is 6.54 Å². The highest BCUT2D eigenvalue weighted by Gasteiger charge is 2.15. The van der Waals surface area contributed by atoms with Crippen molar-refractivity contribution in [2.24, 2.45) is 5.92 Å². The molecule has 0 saturated heterocycles. The lowest BCUT2D eigenvalue weighted by Gasteiger charge is -2.23. The maximum Gasteiger partial charge on any atom is 0.0579 e. The number of rotatable bonds is 5. The first-order chi connectivity index (χ1) is 9.58. The molecule has 0 heterocycles. The Morgan fingerprint density at radius 2 is 1.65 bits per heavy atom. The molecule has 0 aliphatic rings. The molecular formula is C19H25N. The predicted molar refractivity (Wildman–Crippen MR) is 87.0 cm³/mol. The van der Waals surface area contributed by atoms with Gasteiger partial charge in [0.05, 0.1) is 6.04 Å². The van der Waals surface area contributed by atoms with Crippen LogP contribution in [0.25, 0.3) is 0 Å². The van der Waals surface area contributed by atoms with Crippen molar-refractivity contribution >= 4 is 0 Å². The molecular weight excluding hydrogens is 242 g/mol. The van der Waals surface area contributed by atoms with E-state index in [0.29, 0.717) is 5.92 Å². The van der Waals surface area contributed by atoms with E-state index in [9.17, 15) is 0 Å². The van der Waals surface area contributed by atoms with Crippen molar-refractivity contribution in [3.05, 3.63) is 70.8 Å². The van der Waals surface area contributed by atoms with Crippen molar-refractivity contribution in [1.29, 1.82) is 0 Å². The van der Waals surface area contributed by atoms with Gasteiger partial charge in [0, 0.05) is 0 Å². The van der Waals surface area contributed by atoms with Crippen LogP contribution in [0.1, 0.15) is 42.1 Å². The van der Waals surface area contributed by atoms with Crippen LogP contribution in [0.5, 0.6) is 0 Å². The summed E-state index contributed by atoms with van der Waals surface area (Å²) >= 11 is 0. The molecule has 2 rings (SSSR count). The molecule has 0 aliphatic carbocycles. The lowest BCUT2D eigenvalue weighted by atomic mass is 9.93. The van der Waals surface area contributed by atoms with E-state index >= 15 is 0 Å². The molecule has 0 amide bonds. The standard InChI is InChI=1S/C19H25N/c1-14(2)13-20-19(17-8-6-5-7-9-17)18-11-10-15(3)12-16(18)4/h5-12,14,19-20H,13H2,1-4H3. The molecule has 2 aromatic carbocycles. The summed E-state index contributed by atoms with van der Waals surface area (Å²) in [4.78, 5) is 0. The van der Waals surface area contributed by atoms with Gasteiger partial charge in [0.25, 0.3) is 0 Å². The second-order valence-electron chi connectivity index (χ2n) is 6.01. The molecule has 0 aromatic heterocycles. The quantitative estimate of drug-likeness (QED) is 0.832. The number of nitrogens with one attached hydrogen (secondary N) is 1. The summed E-state index contributed by atoms with van der Waals surface area (Å²) in [6.45, 7) is 9.87. The van der Waals surface area contributed by atoms with Crippen molar-refractivity contribution in [2.45, 2.75) is 33.7 Å². The number of aryl methyl sites for hydroxylation is 2. The zero-order valence-electron chi connectivity index (χ0n) is 13.0. The van der Waals surface area contributed by atoms with Crippen LogP contribution in [0, 0.1) is 19.8 Å². The van der Waals surface area contributed by atoms with Crippen molar-refractivity contribution in [3.63, 3.8) is 0 Å². The maximum atomic E-state index is 3.71. The van der Waals surface area contributed by atoms with Gasteiger partial charge in [0.2, 0.25) is 0 Å². The second kappa shape index (κ2) is 6.71. The lowest BCUT2D eigenvalue weighted by Crippen LogP contribution is -2.26. The van der Waals surface area contributed by atoms with E-state index in [1.807, 2.05) is 0 Å². The first kappa shape index (κ1) is 14.8. The van der Waals surface area contributed by atoms with Gasteiger partial charge in [-0.2, -0.15) is 0 Å². The van der Waals surface area contributed by atoms with Crippen molar-refractivity contribution in [2.75, 3.05) is 6.54 Å². The van der Waals surface area contributed by atoms with Gasteiger partial charge in [0.1, 0.15) is 0 Å². The van der Waals surface area contributed by atoms with Crippen molar-refractivity contribution < 1.29 is 0 Å². The fraction of sp³-hybridized carbons (Fsp3) is 0.368. The Labute approximate surface area is 123 Å². The van der Waals surface area contributed by atoms with E-state index in [4.69, 9.17) is 0 Å². The van der Waals surface area contributed by atoms with Crippen molar-refractivity contribution in [1.82, 2.24) is 5.32 Å². The Balaban J connectivity index is 2.35. The van der Waals surface area contributed by atoms with E-state index < -0.39 is 0 Å². The number of hydrogen-bond acceptors (Lipinski definition) is 1. The first-order valence-corrected chi connectivity index (χ1v) is 7.43. The Kier molecular flexibility index (Phi) is 4.97. The van der Waals surface area contributed by atoms with Gasteiger partial charge in [-0.1, -0.05) is 67.9 Å². The molecule has 1 heteroatoms. The van der Waals surface area contributed by atoms with Gasteiger partial charge in [-0.05, 0) is 43.0 Å². The fourth-order valence-electron chi connectivity index (χ4n) is 2.56. The largest absolute Gasteiger partial charge is 0.306 e. The minimum Gasteiger partial charge on any atom is -0.306 e. The van der Waals surface area contributed by atoms with Crippen molar-refractivity contribution in [3.8, 4) is 0 Å². The molecule has 106 valence electrons. The third-order valence-electron chi connectivity index (χ3n) is 3.60. The van der Waals surface area contributed by atoms with Gasteiger partial charge >= 0.3 is 0 Å². The van der Waals surface area contributed by atoms with Crippen LogP contribution in [0.4, 0.5) is 0 Å². The highest BCUT2D eigenvalue weighted by Crippen LogP contribution is 2.25. The molecule has 0 bridgehead atoms. The Hall–Kier alpha value is -1.60. The van der Waals surface area contributed by atoms with E-state index in [1.165, 1.54) is 22.3 Å².